The Balaban J connectivity index is 1.83. The zero-order valence-electron chi connectivity index (χ0n) is 14.2. The predicted octanol–water partition coefficient (Wildman–Crippen LogP) is 2.07. The topological polar surface area (TPSA) is 78.4 Å². The molecular formula is C17H23N5OS. The molecule has 1 heterocycles. The van der Waals surface area contributed by atoms with Gasteiger partial charge in [0.2, 0.25) is 0 Å². The maximum absolute atomic E-state index is 11.7. The number of nitrogens with one attached hydrogen (secondary N) is 3. The molecule has 0 radical (unpaired) electrons. The molecule has 1 aromatic heterocycles. The van der Waals surface area contributed by atoms with E-state index in [1.807, 2.05) is 44.3 Å². The van der Waals surface area contributed by atoms with Crippen molar-refractivity contribution in [2.45, 2.75) is 26.9 Å². The van der Waals surface area contributed by atoms with Gasteiger partial charge in [-0.3, -0.25) is 9.79 Å². The highest BCUT2D eigenvalue weighted by Gasteiger charge is 2.05. The number of carbonyl (C=O) groups excluding carboxylic acids is 1. The standard InChI is InChI=1S/C17H23N5OS/c1-4-19-16(23)14-7-5-13(6-8-14)10-21-17(18-3)22-11-15-20-9-12(2)24-15/h5-9H,4,10-11H2,1-3H3,(H,19,23)(H2,18,21,22). The van der Waals surface area contributed by atoms with Crippen molar-refractivity contribution in [3.8, 4) is 0 Å². The smallest absolute Gasteiger partial charge is 0.251 e. The minimum absolute atomic E-state index is 0.0479. The molecule has 1 aromatic carbocycles. The van der Waals surface area contributed by atoms with Crippen molar-refractivity contribution in [3.05, 3.63) is 51.5 Å². The van der Waals surface area contributed by atoms with E-state index < -0.39 is 0 Å². The van der Waals surface area contributed by atoms with Crippen molar-refractivity contribution in [3.63, 3.8) is 0 Å². The number of guanidine groups is 1. The Morgan fingerprint density at radius 3 is 2.46 bits per heavy atom. The van der Waals surface area contributed by atoms with Gasteiger partial charge < -0.3 is 16.0 Å². The van der Waals surface area contributed by atoms with Gasteiger partial charge in [0.1, 0.15) is 5.01 Å². The molecule has 0 spiro atoms. The fourth-order valence-corrected chi connectivity index (χ4v) is 2.81. The predicted molar refractivity (Wildman–Crippen MR) is 98.3 cm³/mol. The van der Waals surface area contributed by atoms with Crippen LogP contribution in [-0.4, -0.2) is 30.4 Å². The van der Waals surface area contributed by atoms with Gasteiger partial charge in [-0.2, -0.15) is 0 Å². The van der Waals surface area contributed by atoms with Crippen molar-refractivity contribution >= 4 is 23.2 Å². The Kier molecular flexibility index (Phi) is 6.74. The first kappa shape index (κ1) is 17.9. The molecule has 0 unspecified atom stereocenters. The summed E-state index contributed by atoms with van der Waals surface area (Å²) in [5.41, 5.74) is 1.75. The number of hydrogen-bond donors (Lipinski definition) is 3. The summed E-state index contributed by atoms with van der Waals surface area (Å²) in [4.78, 5) is 21.4. The number of carbonyl (C=O) groups is 1. The summed E-state index contributed by atoms with van der Waals surface area (Å²) in [7, 11) is 1.74. The number of aromatic nitrogens is 1. The number of aliphatic imine (C=N–C) groups is 1. The molecule has 7 heteroatoms. The van der Waals surface area contributed by atoms with E-state index in [9.17, 15) is 4.79 Å². The van der Waals surface area contributed by atoms with E-state index in [1.165, 1.54) is 4.88 Å². The second kappa shape index (κ2) is 9.02. The van der Waals surface area contributed by atoms with Gasteiger partial charge in [-0.05, 0) is 31.5 Å². The van der Waals surface area contributed by atoms with Gasteiger partial charge in [0.05, 0.1) is 6.54 Å². The van der Waals surface area contributed by atoms with Crippen LogP contribution in [0.3, 0.4) is 0 Å². The molecule has 128 valence electrons. The molecule has 0 saturated carbocycles. The Morgan fingerprint density at radius 2 is 1.88 bits per heavy atom. The van der Waals surface area contributed by atoms with Gasteiger partial charge in [-0.25, -0.2) is 4.98 Å². The lowest BCUT2D eigenvalue weighted by Gasteiger charge is -2.11. The first-order chi connectivity index (χ1) is 11.6. The molecule has 0 atom stereocenters. The van der Waals surface area contributed by atoms with E-state index in [0.717, 1.165) is 16.5 Å². The molecule has 0 fully saturated rings. The molecule has 1 amide bonds. The zero-order valence-corrected chi connectivity index (χ0v) is 15.0. The molecule has 6 nitrogen and oxygen atoms in total. The molecule has 2 aromatic rings. The minimum atomic E-state index is -0.0479. The SMILES string of the molecule is CCNC(=O)c1ccc(CNC(=NC)NCc2ncc(C)s2)cc1. The van der Waals surface area contributed by atoms with Crippen molar-refractivity contribution in [2.75, 3.05) is 13.6 Å². The summed E-state index contributed by atoms with van der Waals surface area (Å²) in [5.74, 6) is 0.670. The van der Waals surface area contributed by atoms with E-state index in [0.29, 0.717) is 25.2 Å². The van der Waals surface area contributed by atoms with E-state index in [-0.39, 0.29) is 5.91 Å². The monoisotopic (exact) mass is 345 g/mol. The van der Waals surface area contributed by atoms with Crippen molar-refractivity contribution in [2.24, 2.45) is 4.99 Å². The maximum Gasteiger partial charge on any atom is 0.251 e. The molecule has 3 N–H and O–H groups in total. The number of thiazole rings is 1. The number of rotatable bonds is 6. The molecule has 0 saturated heterocycles. The molecule has 0 aliphatic carbocycles. The van der Waals surface area contributed by atoms with Gasteiger partial charge in [-0.15, -0.1) is 11.3 Å². The summed E-state index contributed by atoms with van der Waals surface area (Å²) in [6, 6.07) is 7.54. The highest BCUT2D eigenvalue weighted by molar-refractivity contribution is 7.11. The maximum atomic E-state index is 11.7. The quantitative estimate of drug-likeness (QED) is 0.553. The van der Waals surface area contributed by atoms with E-state index >= 15 is 0 Å². The second-order valence-electron chi connectivity index (χ2n) is 5.20. The summed E-state index contributed by atoms with van der Waals surface area (Å²) in [5, 5.41) is 10.3. The van der Waals surface area contributed by atoms with Crippen molar-refractivity contribution in [1.29, 1.82) is 0 Å². The van der Waals surface area contributed by atoms with Crippen LogP contribution in [0, 0.1) is 6.92 Å². The first-order valence-electron chi connectivity index (χ1n) is 7.85. The lowest BCUT2D eigenvalue weighted by atomic mass is 10.1. The largest absolute Gasteiger partial charge is 0.352 e. The fraction of sp³-hybridized carbons (Fsp3) is 0.353. The minimum Gasteiger partial charge on any atom is -0.352 e. The van der Waals surface area contributed by atoms with E-state index in [1.54, 1.807) is 18.4 Å². The van der Waals surface area contributed by atoms with Crippen LogP contribution in [0.5, 0.6) is 0 Å². The normalized spacial score (nSPS) is 11.2. The first-order valence-corrected chi connectivity index (χ1v) is 8.67. The Morgan fingerprint density at radius 1 is 1.17 bits per heavy atom. The van der Waals surface area contributed by atoms with Crippen LogP contribution < -0.4 is 16.0 Å². The molecule has 2 rings (SSSR count). The Bertz CT molecular complexity index is 693. The van der Waals surface area contributed by atoms with Crippen LogP contribution in [0.25, 0.3) is 0 Å². The molecule has 0 aliphatic heterocycles. The molecule has 0 bridgehead atoms. The Labute approximate surface area is 146 Å². The fourth-order valence-electron chi connectivity index (χ4n) is 2.09. The lowest BCUT2D eigenvalue weighted by Crippen LogP contribution is -2.36. The number of nitrogens with zero attached hydrogens (tertiary/aromatic N) is 2. The van der Waals surface area contributed by atoms with Gasteiger partial charge >= 0.3 is 0 Å². The van der Waals surface area contributed by atoms with E-state index in [4.69, 9.17) is 0 Å². The third kappa shape index (κ3) is 5.34. The average Bonchev–Trinajstić information content (AvgIpc) is 3.01. The van der Waals surface area contributed by atoms with Gasteiger partial charge in [0.15, 0.2) is 5.96 Å². The highest BCUT2D eigenvalue weighted by atomic mass is 32.1. The van der Waals surface area contributed by atoms with Crippen LogP contribution in [0.1, 0.15) is 32.7 Å². The summed E-state index contributed by atoms with van der Waals surface area (Å²) in [6.45, 7) is 5.85. The summed E-state index contributed by atoms with van der Waals surface area (Å²) < 4.78 is 0. The number of hydrogen-bond acceptors (Lipinski definition) is 4. The molecule has 0 aliphatic rings. The van der Waals surface area contributed by atoms with Crippen LogP contribution >= 0.6 is 11.3 Å². The third-order valence-electron chi connectivity index (χ3n) is 3.31. The van der Waals surface area contributed by atoms with Crippen molar-refractivity contribution < 1.29 is 4.79 Å². The third-order valence-corrected chi connectivity index (χ3v) is 4.23. The van der Waals surface area contributed by atoms with Crippen LogP contribution in [-0.2, 0) is 13.1 Å². The van der Waals surface area contributed by atoms with Crippen LogP contribution in [0.2, 0.25) is 0 Å². The zero-order chi connectivity index (χ0) is 17.4. The van der Waals surface area contributed by atoms with Gasteiger partial charge in [0, 0.05) is 36.8 Å². The summed E-state index contributed by atoms with van der Waals surface area (Å²) >= 11 is 1.67. The number of amides is 1. The summed E-state index contributed by atoms with van der Waals surface area (Å²) in [6.07, 6.45) is 1.87. The number of aryl methyl sites for hydroxylation is 1. The van der Waals surface area contributed by atoms with E-state index in [2.05, 4.69) is 25.9 Å². The van der Waals surface area contributed by atoms with Crippen LogP contribution in [0.15, 0.2) is 35.5 Å². The van der Waals surface area contributed by atoms with Gasteiger partial charge in [-0.1, -0.05) is 12.1 Å². The molecule has 24 heavy (non-hydrogen) atoms. The van der Waals surface area contributed by atoms with Gasteiger partial charge in [0.25, 0.3) is 5.91 Å². The highest BCUT2D eigenvalue weighted by Crippen LogP contribution is 2.10. The second-order valence-corrected chi connectivity index (χ2v) is 6.52. The average molecular weight is 345 g/mol. The van der Waals surface area contributed by atoms with Crippen molar-refractivity contribution in [1.82, 2.24) is 20.9 Å². The van der Waals surface area contributed by atoms with Crippen LogP contribution in [0.4, 0.5) is 0 Å². The molecular weight excluding hydrogens is 322 g/mol. The number of benzene rings is 1. The lowest BCUT2D eigenvalue weighted by molar-refractivity contribution is 0.0956. The Hall–Kier alpha value is -2.41.